The van der Waals surface area contributed by atoms with Gasteiger partial charge in [0.25, 0.3) is 0 Å². The summed E-state index contributed by atoms with van der Waals surface area (Å²) < 4.78 is 27.9. The molecule has 0 heterocycles. The van der Waals surface area contributed by atoms with Crippen molar-refractivity contribution in [2.45, 2.75) is 58.9 Å². The molecule has 0 aliphatic heterocycles. The predicted molar refractivity (Wildman–Crippen MR) is 84.3 cm³/mol. The molecule has 0 radical (unpaired) electrons. The third kappa shape index (κ3) is 3.73. The molecule has 1 aromatic carbocycles. The lowest BCUT2D eigenvalue weighted by molar-refractivity contribution is 0.482. The summed E-state index contributed by atoms with van der Waals surface area (Å²) in [5, 5.41) is 0. The lowest BCUT2D eigenvalue weighted by Gasteiger charge is -2.19. The van der Waals surface area contributed by atoms with E-state index in [1.54, 1.807) is 13.8 Å². The highest BCUT2D eigenvalue weighted by Gasteiger charge is 2.23. The zero-order valence-electron chi connectivity index (χ0n) is 13.2. The maximum Gasteiger partial charge on any atom is 0.241 e. The molecule has 0 spiro atoms. The Morgan fingerprint density at radius 1 is 1.15 bits per heavy atom. The molecule has 1 unspecified atom stereocenters. The fourth-order valence-electron chi connectivity index (χ4n) is 2.67. The first-order valence-corrected chi connectivity index (χ1v) is 8.43. The minimum Gasteiger partial charge on any atom is -0.398 e. The van der Waals surface area contributed by atoms with Crippen LogP contribution in [0.15, 0.2) is 11.0 Å². The lowest BCUT2D eigenvalue weighted by Crippen LogP contribution is -2.34. The van der Waals surface area contributed by atoms with Gasteiger partial charge in [-0.2, -0.15) is 0 Å². The van der Waals surface area contributed by atoms with Crippen LogP contribution in [0.25, 0.3) is 0 Å². The summed E-state index contributed by atoms with van der Waals surface area (Å²) in [6.45, 7) is 11.5. The van der Waals surface area contributed by atoms with E-state index < -0.39 is 10.0 Å². The van der Waals surface area contributed by atoms with Gasteiger partial charge in [0, 0.05) is 11.7 Å². The highest BCUT2D eigenvalue weighted by atomic mass is 32.2. The minimum atomic E-state index is -3.54. The second-order valence-electron chi connectivity index (χ2n) is 6.03. The third-order valence-corrected chi connectivity index (χ3v) is 5.29. The van der Waals surface area contributed by atoms with Gasteiger partial charge in [-0.25, -0.2) is 13.1 Å². The van der Waals surface area contributed by atoms with E-state index in [2.05, 4.69) is 18.6 Å². The molecule has 0 aliphatic carbocycles. The quantitative estimate of drug-likeness (QED) is 0.821. The zero-order valence-corrected chi connectivity index (χ0v) is 14.1. The molecule has 1 atom stereocenters. The molecule has 4 nitrogen and oxygen atoms in total. The molecule has 3 N–H and O–H groups in total. The minimum absolute atomic E-state index is 0.0960. The molecule has 5 heteroatoms. The Bertz CT molecular complexity index is 592. The molecular weight excluding hydrogens is 272 g/mol. The van der Waals surface area contributed by atoms with Crippen LogP contribution >= 0.6 is 0 Å². The number of anilines is 1. The summed E-state index contributed by atoms with van der Waals surface area (Å²) in [6.07, 6.45) is 0.804. The summed E-state index contributed by atoms with van der Waals surface area (Å²) in [5.74, 6) is 0.443. The monoisotopic (exact) mass is 298 g/mol. The van der Waals surface area contributed by atoms with Gasteiger partial charge in [-0.1, -0.05) is 19.9 Å². The number of sulfonamides is 1. The largest absolute Gasteiger partial charge is 0.398 e. The molecular formula is C15H26N2O2S. The second kappa shape index (κ2) is 6.14. The van der Waals surface area contributed by atoms with E-state index in [1.807, 2.05) is 19.9 Å². The smallest absolute Gasteiger partial charge is 0.241 e. The Labute approximate surface area is 122 Å². The topological polar surface area (TPSA) is 72.2 Å². The van der Waals surface area contributed by atoms with Crippen LogP contribution in [0.1, 0.15) is 43.9 Å². The summed E-state index contributed by atoms with van der Waals surface area (Å²) in [7, 11) is -3.54. The molecule has 1 rings (SSSR count). The van der Waals surface area contributed by atoms with Gasteiger partial charge in [0.2, 0.25) is 10.0 Å². The molecule has 0 saturated heterocycles. The number of nitrogen functional groups attached to an aromatic ring is 1. The fourth-order valence-corrected chi connectivity index (χ4v) is 4.41. The van der Waals surface area contributed by atoms with E-state index in [9.17, 15) is 8.42 Å². The standard InChI is InChI=1S/C15H26N2O2S/c1-9(2)7-12(5)17-20(18,19)15-11(4)8-10(3)14(16)13(15)6/h8-9,12,17H,7,16H2,1-6H3. The van der Waals surface area contributed by atoms with Crippen LogP contribution in [0.2, 0.25) is 0 Å². The van der Waals surface area contributed by atoms with E-state index >= 15 is 0 Å². The fraction of sp³-hybridized carbons (Fsp3) is 0.600. The van der Waals surface area contributed by atoms with E-state index in [1.165, 1.54) is 0 Å². The van der Waals surface area contributed by atoms with Crippen LogP contribution in [0.3, 0.4) is 0 Å². The Balaban J connectivity index is 3.20. The summed E-state index contributed by atoms with van der Waals surface area (Å²) in [4.78, 5) is 0.316. The van der Waals surface area contributed by atoms with Gasteiger partial charge < -0.3 is 5.73 Å². The highest BCUT2D eigenvalue weighted by molar-refractivity contribution is 7.89. The lowest BCUT2D eigenvalue weighted by atomic mass is 10.1. The van der Waals surface area contributed by atoms with E-state index in [0.717, 1.165) is 17.5 Å². The first-order chi connectivity index (χ1) is 9.06. The van der Waals surface area contributed by atoms with Crippen molar-refractivity contribution in [1.82, 2.24) is 4.72 Å². The van der Waals surface area contributed by atoms with Crippen LogP contribution in [0, 0.1) is 26.7 Å². The molecule has 114 valence electrons. The normalized spacial score (nSPS) is 13.8. The average Bonchev–Trinajstić information content (AvgIpc) is 2.23. The Morgan fingerprint density at radius 2 is 1.70 bits per heavy atom. The van der Waals surface area contributed by atoms with Gasteiger partial charge in [-0.05, 0) is 56.7 Å². The molecule has 0 fully saturated rings. The Morgan fingerprint density at radius 3 is 2.20 bits per heavy atom. The van der Waals surface area contributed by atoms with Crippen molar-refractivity contribution in [3.63, 3.8) is 0 Å². The van der Waals surface area contributed by atoms with Crippen molar-refractivity contribution >= 4 is 15.7 Å². The molecule has 0 aromatic heterocycles. The van der Waals surface area contributed by atoms with Gasteiger partial charge in [-0.15, -0.1) is 0 Å². The number of rotatable bonds is 5. The summed E-state index contributed by atoms with van der Waals surface area (Å²) in [5.41, 5.74) is 8.79. The van der Waals surface area contributed by atoms with Gasteiger partial charge in [0.05, 0.1) is 4.90 Å². The zero-order chi connectivity index (χ0) is 15.7. The van der Waals surface area contributed by atoms with E-state index in [-0.39, 0.29) is 6.04 Å². The number of benzene rings is 1. The number of hydrogen-bond donors (Lipinski definition) is 2. The van der Waals surface area contributed by atoms with Crippen molar-refractivity contribution in [2.75, 3.05) is 5.73 Å². The van der Waals surface area contributed by atoms with Crippen molar-refractivity contribution in [2.24, 2.45) is 5.92 Å². The van der Waals surface area contributed by atoms with Crippen LogP contribution in [0.4, 0.5) is 5.69 Å². The summed E-state index contributed by atoms with van der Waals surface area (Å²) >= 11 is 0. The maximum atomic E-state index is 12.6. The van der Waals surface area contributed by atoms with Crippen molar-refractivity contribution in [3.8, 4) is 0 Å². The van der Waals surface area contributed by atoms with Crippen molar-refractivity contribution < 1.29 is 8.42 Å². The third-order valence-electron chi connectivity index (χ3n) is 3.41. The molecule has 20 heavy (non-hydrogen) atoms. The number of nitrogens with one attached hydrogen (secondary N) is 1. The Hall–Kier alpha value is -1.07. The van der Waals surface area contributed by atoms with Crippen molar-refractivity contribution in [1.29, 1.82) is 0 Å². The average molecular weight is 298 g/mol. The first kappa shape index (κ1) is 17.0. The molecule has 0 aliphatic rings. The maximum absolute atomic E-state index is 12.6. The molecule has 1 aromatic rings. The molecule has 0 saturated carbocycles. The van der Waals surface area contributed by atoms with Gasteiger partial charge in [-0.3, -0.25) is 0 Å². The SMILES string of the molecule is Cc1cc(C)c(S(=O)(=O)NC(C)CC(C)C)c(C)c1N. The number of nitrogens with two attached hydrogens (primary N) is 1. The molecule has 0 amide bonds. The van der Waals surface area contributed by atoms with E-state index in [4.69, 9.17) is 5.73 Å². The van der Waals surface area contributed by atoms with Crippen LogP contribution < -0.4 is 10.5 Å². The van der Waals surface area contributed by atoms with Crippen LogP contribution in [0.5, 0.6) is 0 Å². The van der Waals surface area contributed by atoms with Gasteiger partial charge in [0.15, 0.2) is 0 Å². The van der Waals surface area contributed by atoms with Gasteiger partial charge >= 0.3 is 0 Å². The van der Waals surface area contributed by atoms with Crippen LogP contribution in [-0.2, 0) is 10.0 Å². The summed E-state index contributed by atoms with van der Waals surface area (Å²) in [6, 6.07) is 1.73. The highest BCUT2D eigenvalue weighted by Crippen LogP contribution is 2.28. The molecule has 0 bridgehead atoms. The number of hydrogen-bond acceptors (Lipinski definition) is 3. The first-order valence-electron chi connectivity index (χ1n) is 6.94. The van der Waals surface area contributed by atoms with E-state index in [0.29, 0.717) is 22.1 Å². The van der Waals surface area contributed by atoms with Crippen molar-refractivity contribution in [3.05, 3.63) is 22.8 Å². The second-order valence-corrected chi connectivity index (χ2v) is 7.68. The van der Waals surface area contributed by atoms with Gasteiger partial charge in [0.1, 0.15) is 0 Å². The predicted octanol–water partition coefficient (Wildman–Crippen LogP) is 2.91. The number of aryl methyl sites for hydroxylation is 2. The Kier molecular flexibility index (Phi) is 5.21. The van der Waals surface area contributed by atoms with Crippen LogP contribution in [-0.4, -0.2) is 14.5 Å².